The molecule has 4 heteroatoms. The number of nitrogens with zero attached hydrogens (tertiary/aromatic N) is 1. The van der Waals surface area contributed by atoms with E-state index < -0.39 is 0 Å². The van der Waals surface area contributed by atoms with Crippen LogP contribution < -0.4 is 5.32 Å². The van der Waals surface area contributed by atoms with Gasteiger partial charge < -0.3 is 10.1 Å². The summed E-state index contributed by atoms with van der Waals surface area (Å²) in [5.74, 6) is -0.431. The topological polar surface area (TPSA) is 62.1 Å². The molecule has 0 aliphatic heterocycles. The van der Waals surface area contributed by atoms with E-state index in [9.17, 15) is 4.79 Å². The summed E-state index contributed by atoms with van der Waals surface area (Å²) in [7, 11) is 1.37. The zero-order valence-corrected chi connectivity index (χ0v) is 9.85. The van der Waals surface area contributed by atoms with Crippen molar-refractivity contribution >= 4 is 5.97 Å². The molecular formula is C13H16N2O2. The van der Waals surface area contributed by atoms with Crippen LogP contribution in [0.3, 0.4) is 0 Å². The second-order valence-corrected chi connectivity index (χ2v) is 3.62. The molecule has 0 radical (unpaired) electrons. The predicted octanol–water partition coefficient (Wildman–Crippen LogP) is 1.45. The molecule has 1 unspecified atom stereocenters. The van der Waals surface area contributed by atoms with Crippen LogP contribution in [0.1, 0.15) is 17.9 Å². The molecule has 1 atom stereocenters. The first-order valence-corrected chi connectivity index (χ1v) is 5.50. The van der Waals surface area contributed by atoms with E-state index in [-0.39, 0.29) is 11.9 Å². The van der Waals surface area contributed by atoms with E-state index >= 15 is 0 Å². The molecule has 0 aromatic heterocycles. The van der Waals surface area contributed by atoms with Crippen molar-refractivity contribution in [3.8, 4) is 6.07 Å². The Morgan fingerprint density at radius 3 is 2.76 bits per heavy atom. The van der Waals surface area contributed by atoms with Crippen LogP contribution in [0.15, 0.2) is 30.3 Å². The number of ether oxygens (including phenoxy) is 1. The number of methoxy groups -OCH3 is 1. The number of hydrogen-bond acceptors (Lipinski definition) is 4. The number of benzene rings is 1. The lowest BCUT2D eigenvalue weighted by atomic mass is 10.0. The lowest BCUT2D eigenvalue weighted by Crippen LogP contribution is -2.24. The molecule has 90 valence electrons. The van der Waals surface area contributed by atoms with Crippen molar-refractivity contribution in [1.29, 1.82) is 5.26 Å². The SMILES string of the molecule is COC(=O)CCNCC(C#N)c1ccccc1. The van der Waals surface area contributed by atoms with E-state index in [1.165, 1.54) is 7.11 Å². The van der Waals surface area contributed by atoms with Gasteiger partial charge in [0.25, 0.3) is 0 Å². The minimum atomic E-state index is -0.245. The molecule has 0 heterocycles. The Balaban J connectivity index is 2.35. The Morgan fingerprint density at radius 2 is 2.18 bits per heavy atom. The quantitative estimate of drug-likeness (QED) is 0.595. The summed E-state index contributed by atoms with van der Waals surface area (Å²) in [6, 6.07) is 11.8. The molecule has 0 bridgehead atoms. The van der Waals surface area contributed by atoms with Crippen LogP contribution in [-0.2, 0) is 9.53 Å². The summed E-state index contributed by atoms with van der Waals surface area (Å²) >= 11 is 0. The monoisotopic (exact) mass is 232 g/mol. The van der Waals surface area contributed by atoms with Gasteiger partial charge in [0.15, 0.2) is 0 Å². The third-order valence-corrected chi connectivity index (χ3v) is 2.44. The second-order valence-electron chi connectivity index (χ2n) is 3.62. The number of hydrogen-bond donors (Lipinski definition) is 1. The maximum Gasteiger partial charge on any atom is 0.306 e. The second kappa shape index (κ2) is 7.42. The van der Waals surface area contributed by atoms with Crippen molar-refractivity contribution in [3.05, 3.63) is 35.9 Å². The molecule has 0 aliphatic rings. The molecular weight excluding hydrogens is 216 g/mol. The molecule has 1 rings (SSSR count). The molecule has 17 heavy (non-hydrogen) atoms. The summed E-state index contributed by atoms with van der Waals surface area (Å²) in [5, 5.41) is 12.1. The third kappa shape index (κ3) is 4.66. The maximum absolute atomic E-state index is 10.9. The largest absolute Gasteiger partial charge is 0.469 e. The van der Waals surface area contributed by atoms with Crippen molar-refractivity contribution in [1.82, 2.24) is 5.32 Å². The van der Waals surface area contributed by atoms with Crippen LogP contribution in [0.25, 0.3) is 0 Å². The van der Waals surface area contributed by atoms with Gasteiger partial charge in [0.05, 0.1) is 25.5 Å². The smallest absolute Gasteiger partial charge is 0.306 e. The average Bonchev–Trinajstić information content (AvgIpc) is 2.39. The first-order valence-electron chi connectivity index (χ1n) is 5.50. The van der Waals surface area contributed by atoms with Gasteiger partial charge in [0.2, 0.25) is 0 Å². The molecule has 4 nitrogen and oxygen atoms in total. The Hall–Kier alpha value is -1.86. The zero-order chi connectivity index (χ0) is 12.5. The van der Waals surface area contributed by atoms with Crippen LogP contribution in [-0.4, -0.2) is 26.2 Å². The number of nitrogens with one attached hydrogen (secondary N) is 1. The summed E-state index contributed by atoms with van der Waals surface area (Å²) < 4.78 is 4.52. The molecule has 1 aromatic rings. The van der Waals surface area contributed by atoms with Gasteiger partial charge in [-0.2, -0.15) is 5.26 Å². The van der Waals surface area contributed by atoms with Gasteiger partial charge in [0.1, 0.15) is 0 Å². The number of rotatable bonds is 6. The Labute approximate surface area is 101 Å². The number of nitriles is 1. The van der Waals surface area contributed by atoms with Gasteiger partial charge in [0, 0.05) is 13.1 Å². The van der Waals surface area contributed by atoms with Gasteiger partial charge in [-0.05, 0) is 5.56 Å². The lowest BCUT2D eigenvalue weighted by Gasteiger charge is -2.10. The van der Waals surface area contributed by atoms with E-state index in [1.54, 1.807) is 0 Å². The fraction of sp³-hybridized carbons (Fsp3) is 0.385. The van der Waals surface area contributed by atoms with Crippen LogP contribution in [0.2, 0.25) is 0 Å². The van der Waals surface area contributed by atoms with Crippen molar-refractivity contribution in [2.24, 2.45) is 0 Å². The standard InChI is InChI=1S/C13H16N2O2/c1-17-13(16)7-8-15-10-12(9-14)11-5-3-2-4-6-11/h2-6,12,15H,7-8,10H2,1H3. The normalized spacial score (nSPS) is 11.5. The van der Waals surface area contributed by atoms with Gasteiger partial charge >= 0.3 is 5.97 Å². The maximum atomic E-state index is 10.9. The van der Waals surface area contributed by atoms with Crippen LogP contribution >= 0.6 is 0 Å². The van der Waals surface area contributed by atoms with E-state index in [0.717, 1.165) is 5.56 Å². The highest BCUT2D eigenvalue weighted by Gasteiger charge is 2.09. The van der Waals surface area contributed by atoms with Gasteiger partial charge in [-0.25, -0.2) is 0 Å². The minimum absolute atomic E-state index is 0.186. The van der Waals surface area contributed by atoms with Crippen LogP contribution in [0, 0.1) is 11.3 Å². The predicted molar refractivity (Wildman–Crippen MR) is 64.3 cm³/mol. The molecule has 0 spiro atoms. The highest BCUT2D eigenvalue weighted by molar-refractivity contribution is 5.69. The van der Waals surface area contributed by atoms with Crippen molar-refractivity contribution in [2.75, 3.05) is 20.2 Å². The van der Waals surface area contributed by atoms with Crippen molar-refractivity contribution in [2.45, 2.75) is 12.3 Å². The van der Waals surface area contributed by atoms with Gasteiger partial charge in [-0.1, -0.05) is 30.3 Å². The van der Waals surface area contributed by atoms with Crippen LogP contribution in [0.5, 0.6) is 0 Å². The summed E-state index contributed by atoms with van der Waals surface area (Å²) in [5.41, 5.74) is 0.987. The zero-order valence-electron chi connectivity index (χ0n) is 9.85. The Bertz CT molecular complexity index is 384. The summed E-state index contributed by atoms with van der Waals surface area (Å²) in [6.07, 6.45) is 0.323. The van der Waals surface area contributed by atoms with Crippen molar-refractivity contribution in [3.63, 3.8) is 0 Å². The van der Waals surface area contributed by atoms with Gasteiger partial charge in [-0.3, -0.25) is 4.79 Å². The highest BCUT2D eigenvalue weighted by atomic mass is 16.5. The number of carbonyl (C=O) groups is 1. The summed E-state index contributed by atoms with van der Waals surface area (Å²) in [6.45, 7) is 1.06. The van der Waals surface area contributed by atoms with Crippen molar-refractivity contribution < 1.29 is 9.53 Å². The first-order chi connectivity index (χ1) is 8.27. The molecule has 0 aliphatic carbocycles. The number of esters is 1. The van der Waals surface area contributed by atoms with Gasteiger partial charge in [-0.15, -0.1) is 0 Å². The molecule has 1 aromatic carbocycles. The summed E-state index contributed by atoms with van der Waals surface area (Å²) in [4.78, 5) is 10.9. The fourth-order valence-electron chi connectivity index (χ4n) is 1.46. The first kappa shape index (κ1) is 13.2. The third-order valence-electron chi connectivity index (χ3n) is 2.44. The highest BCUT2D eigenvalue weighted by Crippen LogP contribution is 2.12. The molecule has 0 saturated heterocycles. The van der Waals surface area contributed by atoms with E-state index in [2.05, 4.69) is 16.1 Å². The molecule has 1 N–H and O–H groups in total. The van der Waals surface area contributed by atoms with E-state index in [0.29, 0.717) is 19.5 Å². The Morgan fingerprint density at radius 1 is 1.47 bits per heavy atom. The fourth-order valence-corrected chi connectivity index (χ4v) is 1.46. The molecule has 0 saturated carbocycles. The molecule has 0 amide bonds. The average molecular weight is 232 g/mol. The lowest BCUT2D eigenvalue weighted by molar-refractivity contribution is -0.140. The van der Waals surface area contributed by atoms with E-state index in [4.69, 9.17) is 5.26 Å². The van der Waals surface area contributed by atoms with E-state index in [1.807, 2.05) is 30.3 Å². The van der Waals surface area contributed by atoms with Crippen LogP contribution in [0.4, 0.5) is 0 Å². The molecule has 0 fully saturated rings. The number of carbonyl (C=O) groups excluding carboxylic acids is 1. The minimum Gasteiger partial charge on any atom is -0.469 e. The Kier molecular flexibility index (Phi) is 5.76.